The summed E-state index contributed by atoms with van der Waals surface area (Å²) in [5.41, 5.74) is 25.9. The van der Waals surface area contributed by atoms with E-state index in [0.29, 0.717) is 23.7 Å². The Morgan fingerprint density at radius 1 is 0.640 bits per heavy atom. The summed E-state index contributed by atoms with van der Waals surface area (Å²) >= 11 is 2.18. The fourth-order valence-corrected chi connectivity index (χ4v) is 19.3. The minimum Gasteiger partial charge on any atom is -0.327 e. The largest absolute Gasteiger partial charge is 0.327 e. The topological polar surface area (TPSA) is 6.48 Å². The number of fused-ring (bicyclic) bond motifs is 11. The molecule has 0 amide bonds. The second-order valence-corrected chi connectivity index (χ2v) is 31.4. The summed E-state index contributed by atoms with van der Waals surface area (Å²) in [6.45, 7) is 36.1. The van der Waals surface area contributed by atoms with Crippen molar-refractivity contribution in [3.8, 4) is 11.1 Å². The van der Waals surface area contributed by atoms with E-state index in [1.165, 1.54) is 83.4 Å². The van der Waals surface area contributed by atoms with E-state index in [-0.39, 0.29) is 50.7 Å². The van der Waals surface area contributed by atoms with Gasteiger partial charge in [-0.25, -0.2) is 0 Å². The predicted octanol–water partition coefficient (Wildman–Crippen LogP) is 18.4. The second kappa shape index (κ2) is 15.8. The van der Waals surface area contributed by atoms with Gasteiger partial charge in [0.1, 0.15) is 0 Å². The van der Waals surface area contributed by atoms with Crippen LogP contribution in [0, 0.1) is 56.2 Å². The Bertz CT molecular complexity index is 3330. The van der Waals surface area contributed by atoms with Gasteiger partial charge in [-0.05, 0) is 201 Å². The summed E-state index contributed by atoms with van der Waals surface area (Å²) < 4.78 is 0. The number of thiophene rings is 1. The van der Waals surface area contributed by atoms with Crippen molar-refractivity contribution >= 4 is 40.3 Å². The Morgan fingerprint density at radius 2 is 1.31 bits per heavy atom. The van der Waals surface area contributed by atoms with Crippen LogP contribution in [0.25, 0.3) is 17.2 Å². The Morgan fingerprint density at radius 3 is 2.03 bits per heavy atom. The number of anilines is 2. The number of hydrogen-bond acceptors (Lipinski definition) is 3. The first-order chi connectivity index (χ1) is 35.4. The Kier molecular flexibility index (Phi) is 10.3. The van der Waals surface area contributed by atoms with Crippen LogP contribution in [0.1, 0.15) is 183 Å². The Labute approximate surface area is 456 Å². The molecule has 0 radical (unpaired) electrons. The summed E-state index contributed by atoms with van der Waals surface area (Å²) in [5, 5.41) is 1.55. The van der Waals surface area contributed by atoms with Crippen LogP contribution >= 0.6 is 11.3 Å². The molecule has 1 aromatic heterocycles. The van der Waals surface area contributed by atoms with Crippen LogP contribution in [0.3, 0.4) is 0 Å². The first kappa shape index (κ1) is 48.8. The van der Waals surface area contributed by atoms with Gasteiger partial charge in [-0.2, -0.15) is 0 Å². The first-order valence-corrected chi connectivity index (χ1v) is 30.6. The number of benzene rings is 2. The maximum atomic E-state index is 3.00. The average Bonchev–Trinajstić information content (AvgIpc) is 3.87. The predicted molar refractivity (Wildman–Crippen MR) is 322 cm³/mol. The van der Waals surface area contributed by atoms with E-state index >= 15 is 0 Å². The smallest absolute Gasteiger partial charge is 0.248 e. The van der Waals surface area contributed by atoms with Gasteiger partial charge in [-0.15, -0.1) is 11.3 Å². The summed E-state index contributed by atoms with van der Waals surface area (Å²) in [6, 6.07) is 17.0. The third-order valence-electron chi connectivity index (χ3n) is 23.1. The number of nitrogens with zero attached hydrogens (tertiary/aromatic N) is 2. The number of allylic oxidation sites excluding steroid dienone is 13. The molecule has 2 aliphatic heterocycles. The minimum atomic E-state index is -0.0983. The van der Waals surface area contributed by atoms with Crippen LogP contribution in [0.5, 0.6) is 0 Å². The molecule has 388 valence electrons. The van der Waals surface area contributed by atoms with E-state index < -0.39 is 0 Å². The maximum absolute atomic E-state index is 3.00. The molecule has 9 aliphatic carbocycles. The zero-order valence-electron chi connectivity index (χ0n) is 48.3. The molecule has 0 spiro atoms. The van der Waals surface area contributed by atoms with E-state index in [1.807, 2.05) is 0 Å². The lowest BCUT2D eigenvalue weighted by Gasteiger charge is -2.56. The highest BCUT2D eigenvalue weighted by Crippen LogP contribution is 2.64. The lowest BCUT2D eigenvalue weighted by Crippen LogP contribution is -2.59. The summed E-state index contributed by atoms with van der Waals surface area (Å²) in [4.78, 5) is 7.50. The summed E-state index contributed by atoms with van der Waals surface area (Å²) in [7, 11) is 0. The second-order valence-electron chi connectivity index (χ2n) is 30.4. The third-order valence-corrected chi connectivity index (χ3v) is 24.3. The lowest BCUT2D eigenvalue weighted by molar-refractivity contribution is 0.0326. The molecule has 2 nitrogen and oxygen atoms in total. The van der Waals surface area contributed by atoms with Crippen molar-refractivity contribution in [1.29, 1.82) is 0 Å². The zero-order valence-corrected chi connectivity index (χ0v) is 49.1. The van der Waals surface area contributed by atoms with Crippen molar-refractivity contribution in [2.24, 2.45) is 56.2 Å². The molecule has 0 saturated heterocycles. The van der Waals surface area contributed by atoms with Crippen molar-refractivity contribution < 1.29 is 0 Å². The molecule has 14 rings (SSSR count). The van der Waals surface area contributed by atoms with Crippen molar-refractivity contribution in [3.05, 3.63) is 163 Å². The van der Waals surface area contributed by atoms with Gasteiger partial charge in [-0.1, -0.05) is 181 Å². The average molecular weight is 1010 g/mol. The van der Waals surface area contributed by atoms with Crippen molar-refractivity contribution in [1.82, 2.24) is 0 Å². The van der Waals surface area contributed by atoms with Crippen LogP contribution in [0.2, 0.25) is 0 Å². The van der Waals surface area contributed by atoms with Crippen LogP contribution in [0.4, 0.5) is 10.7 Å². The van der Waals surface area contributed by atoms with Crippen LogP contribution in [0.15, 0.2) is 141 Å². The van der Waals surface area contributed by atoms with E-state index in [2.05, 4.69) is 215 Å². The van der Waals surface area contributed by atoms with Crippen LogP contribution in [-0.4, -0.2) is 12.8 Å². The van der Waals surface area contributed by atoms with E-state index in [4.69, 9.17) is 0 Å². The Balaban J connectivity index is 1.10. The Hall–Kier alpha value is -4.54. The molecule has 5 unspecified atom stereocenters. The highest BCUT2D eigenvalue weighted by Gasteiger charge is 2.58. The molecule has 4 heteroatoms. The van der Waals surface area contributed by atoms with E-state index in [9.17, 15) is 0 Å². The van der Waals surface area contributed by atoms with Gasteiger partial charge in [0.05, 0.1) is 16.7 Å². The fourth-order valence-electron chi connectivity index (χ4n) is 17.9. The summed E-state index contributed by atoms with van der Waals surface area (Å²) in [6.07, 6.45) is 36.8. The standard InChI is InChI=1S/C71H85BN2S/c1-65(2)29-30-66(3,4)50-37-44(27-28-48(50)65)73-58-35-43(42-21-16-15-17-22-42)36-59-63(58)72(62-46-38-51-54(41-60(46)75-64(62)73)70(11,12)34-31-67(51,5)6)55-39-52-53(69(9,10)33-32-68(52,7)8)40-57(55)74(59)56-26-20-25-49-61(56)45-23-18-19-24-47(45)71(49,13)14/h15-16,18-21,23-28,36-37,39,41,48,50-51,53,58H,17,22,29-35,38,40H2,1-14H3. The molecule has 0 bridgehead atoms. The third kappa shape index (κ3) is 6.87. The monoisotopic (exact) mass is 1010 g/mol. The van der Waals surface area contributed by atoms with E-state index in [0.717, 1.165) is 32.1 Å². The molecule has 3 heterocycles. The highest BCUT2D eigenvalue weighted by atomic mass is 32.1. The lowest BCUT2D eigenvalue weighted by atomic mass is 9.29. The van der Waals surface area contributed by atoms with Gasteiger partial charge < -0.3 is 9.80 Å². The molecule has 2 aromatic carbocycles. The van der Waals surface area contributed by atoms with Crippen molar-refractivity contribution in [2.45, 2.75) is 179 Å². The van der Waals surface area contributed by atoms with E-state index in [1.54, 1.807) is 54.3 Å². The van der Waals surface area contributed by atoms with Gasteiger partial charge in [0, 0.05) is 32.9 Å². The molecule has 3 fully saturated rings. The first-order valence-electron chi connectivity index (χ1n) is 29.8. The highest BCUT2D eigenvalue weighted by molar-refractivity contribution is 7.20. The normalized spacial score (nSPS) is 30.9. The van der Waals surface area contributed by atoms with Gasteiger partial charge in [-0.3, -0.25) is 0 Å². The molecule has 11 aliphatic rings. The van der Waals surface area contributed by atoms with Crippen molar-refractivity contribution in [2.75, 3.05) is 9.80 Å². The number of rotatable bonds is 3. The molecule has 3 saturated carbocycles. The fraction of sp³-hybridized carbons (Fsp3) is 0.521. The van der Waals surface area contributed by atoms with Crippen LogP contribution < -0.4 is 15.3 Å². The van der Waals surface area contributed by atoms with Crippen molar-refractivity contribution in [3.63, 3.8) is 0 Å². The molecule has 5 atom stereocenters. The van der Waals surface area contributed by atoms with Gasteiger partial charge >= 0.3 is 0 Å². The minimum absolute atomic E-state index is 0.0983. The number of hydrogen-bond donors (Lipinski definition) is 0. The molecule has 0 N–H and O–H groups in total. The van der Waals surface area contributed by atoms with Gasteiger partial charge in [0.25, 0.3) is 0 Å². The van der Waals surface area contributed by atoms with Crippen LogP contribution in [-0.2, 0) is 11.8 Å². The zero-order chi connectivity index (χ0) is 52.3. The molecule has 75 heavy (non-hydrogen) atoms. The van der Waals surface area contributed by atoms with Gasteiger partial charge in [0.15, 0.2) is 0 Å². The molecular formula is C71H85BN2S. The maximum Gasteiger partial charge on any atom is 0.248 e. The van der Waals surface area contributed by atoms with Gasteiger partial charge in [0.2, 0.25) is 6.71 Å². The summed E-state index contributed by atoms with van der Waals surface area (Å²) in [5.74, 6) is 2.01. The molecule has 3 aromatic rings. The quantitative estimate of drug-likeness (QED) is 0.241. The molecular weight excluding hydrogens is 924 g/mol. The SMILES string of the molecule is CC1(C)CCC(C)(C)C2CC3=C(C=C21)B1C2=C(C=C(C4=CC=CCC4)CC2N(C2=CC4C(C=C2)C(C)(C)CCC4(C)C)c2sc4c(c21)CC1C(=C4)C(C)(C)CCC1(C)C)N3c1cccc2c1-c1ccccc1C2(C)C.